The van der Waals surface area contributed by atoms with Crippen molar-refractivity contribution in [3.63, 3.8) is 0 Å². The number of aromatic nitrogens is 3. The minimum atomic E-state index is -0.360. The van der Waals surface area contributed by atoms with Crippen LogP contribution < -0.4 is 0 Å². The molecule has 1 aromatic carbocycles. The Labute approximate surface area is 111 Å². The van der Waals surface area contributed by atoms with E-state index in [1.54, 1.807) is 6.20 Å². The Morgan fingerprint density at radius 1 is 1.22 bits per heavy atom. The van der Waals surface area contributed by atoms with Crippen molar-refractivity contribution in [1.29, 1.82) is 0 Å². The summed E-state index contributed by atoms with van der Waals surface area (Å²) >= 11 is 3.41. The van der Waals surface area contributed by atoms with Crippen LogP contribution in [0, 0.1) is 5.82 Å². The molecule has 0 aliphatic heterocycles. The van der Waals surface area contributed by atoms with Crippen LogP contribution in [0.15, 0.2) is 41.1 Å². The van der Waals surface area contributed by atoms with Gasteiger partial charge in [0.1, 0.15) is 11.6 Å². The Hall–Kier alpha value is -1.75. The first-order valence-electron chi connectivity index (χ1n) is 5.38. The molecule has 18 heavy (non-hydrogen) atoms. The van der Waals surface area contributed by atoms with Gasteiger partial charge in [0.25, 0.3) is 0 Å². The van der Waals surface area contributed by atoms with Gasteiger partial charge in [0.05, 0.1) is 17.2 Å². The smallest absolute Gasteiger partial charge is 0.142 e. The molecule has 3 aromatic rings. The molecule has 3 rings (SSSR count). The number of aryl methyl sites for hydroxylation is 1. The summed E-state index contributed by atoms with van der Waals surface area (Å²) in [6, 6.07) is 7.30. The zero-order valence-corrected chi connectivity index (χ0v) is 11.1. The second-order valence-corrected chi connectivity index (χ2v) is 4.93. The number of imidazole rings is 1. The van der Waals surface area contributed by atoms with Gasteiger partial charge in [-0.15, -0.1) is 0 Å². The van der Waals surface area contributed by atoms with Crippen molar-refractivity contribution in [2.45, 2.75) is 0 Å². The van der Waals surface area contributed by atoms with E-state index in [4.69, 9.17) is 0 Å². The van der Waals surface area contributed by atoms with E-state index in [0.29, 0.717) is 11.4 Å². The molecule has 0 saturated heterocycles. The molecule has 2 aromatic heterocycles. The molecule has 0 aliphatic carbocycles. The highest BCUT2D eigenvalue weighted by atomic mass is 79.9. The zero-order chi connectivity index (χ0) is 12.7. The van der Waals surface area contributed by atoms with Gasteiger partial charge >= 0.3 is 0 Å². The molecule has 0 atom stereocenters. The lowest BCUT2D eigenvalue weighted by molar-refractivity contribution is 0.621. The molecule has 2 heterocycles. The molecule has 0 aliphatic rings. The molecule has 90 valence electrons. The Morgan fingerprint density at radius 2 is 2.06 bits per heavy atom. The predicted molar refractivity (Wildman–Crippen MR) is 71.6 cm³/mol. The Morgan fingerprint density at radius 3 is 2.83 bits per heavy atom. The molecular weight excluding hydrogens is 297 g/mol. The summed E-state index contributed by atoms with van der Waals surface area (Å²) in [5, 5.41) is 0. The summed E-state index contributed by atoms with van der Waals surface area (Å²) in [4.78, 5) is 8.36. The predicted octanol–water partition coefficient (Wildman–Crippen LogP) is 3.54. The maximum absolute atomic E-state index is 13.2. The second-order valence-electron chi connectivity index (χ2n) is 4.02. The number of halogens is 2. The summed E-state index contributed by atoms with van der Waals surface area (Å²) in [7, 11) is 1.91. The highest BCUT2D eigenvalue weighted by Gasteiger charge is 2.10. The highest BCUT2D eigenvalue weighted by molar-refractivity contribution is 9.10. The minimum absolute atomic E-state index is 0.360. The standard InChI is InChI=1S/C13H9BrFN3/c1-18-12-3-2-9(14)5-11(12)17-13(18)8-4-10(15)7-16-6-8/h2-7H,1H3. The number of hydrogen-bond donors (Lipinski definition) is 0. The van der Waals surface area contributed by atoms with Crippen LogP contribution in [-0.2, 0) is 7.05 Å². The van der Waals surface area contributed by atoms with Gasteiger partial charge in [-0.05, 0) is 24.3 Å². The Bertz CT molecular complexity index is 736. The van der Waals surface area contributed by atoms with Gasteiger partial charge in [0.2, 0.25) is 0 Å². The van der Waals surface area contributed by atoms with Crippen LogP contribution in [0.3, 0.4) is 0 Å². The van der Waals surface area contributed by atoms with E-state index in [0.717, 1.165) is 15.5 Å². The van der Waals surface area contributed by atoms with Crippen LogP contribution in [0.5, 0.6) is 0 Å². The lowest BCUT2D eigenvalue weighted by Gasteiger charge is -2.01. The summed E-state index contributed by atoms with van der Waals surface area (Å²) < 4.78 is 16.1. The Kier molecular flexibility index (Phi) is 2.63. The molecule has 0 amide bonds. The maximum atomic E-state index is 13.2. The normalized spacial score (nSPS) is 11.1. The van der Waals surface area contributed by atoms with Gasteiger partial charge in [-0.1, -0.05) is 15.9 Å². The van der Waals surface area contributed by atoms with Crippen LogP contribution in [0.25, 0.3) is 22.4 Å². The van der Waals surface area contributed by atoms with Gasteiger partial charge in [0, 0.05) is 23.3 Å². The van der Waals surface area contributed by atoms with Crippen molar-refractivity contribution < 1.29 is 4.39 Å². The van der Waals surface area contributed by atoms with Crippen molar-refractivity contribution in [2.75, 3.05) is 0 Å². The average molecular weight is 306 g/mol. The first kappa shape index (κ1) is 11.3. The molecule has 3 nitrogen and oxygen atoms in total. The summed E-state index contributed by atoms with van der Waals surface area (Å²) in [6.07, 6.45) is 2.79. The monoisotopic (exact) mass is 305 g/mol. The van der Waals surface area contributed by atoms with Crippen LogP contribution in [-0.4, -0.2) is 14.5 Å². The van der Waals surface area contributed by atoms with Gasteiger partial charge in [-0.25, -0.2) is 9.37 Å². The number of benzene rings is 1. The first-order chi connectivity index (χ1) is 8.65. The molecule has 0 radical (unpaired) electrons. The van der Waals surface area contributed by atoms with Crippen molar-refractivity contribution in [3.05, 3.63) is 46.9 Å². The summed E-state index contributed by atoms with van der Waals surface area (Å²) in [5.41, 5.74) is 2.54. The van der Waals surface area contributed by atoms with Gasteiger partial charge in [-0.3, -0.25) is 4.98 Å². The van der Waals surface area contributed by atoms with Crippen molar-refractivity contribution >= 4 is 27.0 Å². The molecule has 5 heteroatoms. The van der Waals surface area contributed by atoms with Gasteiger partial charge in [0.15, 0.2) is 0 Å². The summed E-state index contributed by atoms with van der Waals surface area (Å²) in [6.45, 7) is 0. The van der Waals surface area contributed by atoms with Crippen LogP contribution in [0.2, 0.25) is 0 Å². The molecule has 0 unspecified atom stereocenters. The number of fused-ring (bicyclic) bond motifs is 1. The van der Waals surface area contributed by atoms with Gasteiger partial charge in [-0.2, -0.15) is 0 Å². The third-order valence-corrected chi connectivity index (χ3v) is 3.30. The lowest BCUT2D eigenvalue weighted by atomic mass is 10.2. The summed E-state index contributed by atoms with van der Waals surface area (Å²) in [5.74, 6) is 0.343. The van der Waals surface area contributed by atoms with E-state index >= 15 is 0 Å². The van der Waals surface area contributed by atoms with E-state index < -0.39 is 0 Å². The number of nitrogens with zero attached hydrogens (tertiary/aromatic N) is 3. The molecule has 0 fully saturated rings. The highest BCUT2D eigenvalue weighted by Crippen LogP contribution is 2.25. The molecule has 0 bridgehead atoms. The SMILES string of the molecule is Cn1c(-c2cncc(F)c2)nc2cc(Br)ccc21. The third kappa shape index (κ3) is 1.80. The molecule has 0 N–H and O–H groups in total. The number of rotatable bonds is 1. The fourth-order valence-corrected chi connectivity index (χ4v) is 2.31. The molecular formula is C13H9BrFN3. The van der Waals surface area contributed by atoms with Crippen molar-refractivity contribution in [1.82, 2.24) is 14.5 Å². The second kappa shape index (κ2) is 4.17. The lowest BCUT2D eigenvalue weighted by Crippen LogP contribution is -1.93. The average Bonchev–Trinajstić information content (AvgIpc) is 2.66. The fraction of sp³-hybridized carbons (Fsp3) is 0.0769. The molecule has 0 saturated carbocycles. The quantitative estimate of drug-likeness (QED) is 0.688. The van der Waals surface area contributed by atoms with E-state index in [1.165, 1.54) is 12.3 Å². The Balaban J connectivity index is 2.27. The van der Waals surface area contributed by atoms with E-state index in [2.05, 4.69) is 25.9 Å². The van der Waals surface area contributed by atoms with Crippen LogP contribution >= 0.6 is 15.9 Å². The number of hydrogen-bond acceptors (Lipinski definition) is 2. The topological polar surface area (TPSA) is 30.7 Å². The largest absolute Gasteiger partial charge is 0.327 e. The van der Waals surface area contributed by atoms with Gasteiger partial charge < -0.3 is 4.57 Å². The van der Waals surface area contributed by atoms with Crippen molar-refractivity contribution in [2.24, 2.45) is 7.05 Å². The third-order valence-electron chi connectivity index (χ3n) is 2.81. The first-order valence-corrected chi connectivity index (χ1v) is 6.17. The zero-order valence-electron chi connectivity index (χ0n) is 9.56. The van der Waals surface area contributed by atoms with Crippen LogP contribution in [0.4, 0.5) is 4.39 Å². The molecule has 0 spiro atoms. The number of pyridine rings is 1. The van der Waals surface area contributed by atoms with Crippen LogP contribution in [0.1, 0.15) is 0 Å². The fourth-order valence-electron chi connectivity index (χ4n) is 1.97. The van der Waals surface area contributed by atoms with E-state index in [-0.39, 0.29) is 5.82 Å². The minimum Gasteiger partial charge on any atom is -0.327 e. The maximum Gasteiger partial charge on any atom is 0.142 e. The van der Waals surface area contributed by atoms with E-state index in [1.807, 2.05) is 29.8 Å². The van der Waals surface area contributed by atoms with E-state index in [9.17, 15) is 4.39 Å². The van der Waals surface area contributed by atoms with Crippen molar-refractivity contribution in [3.8, 4) is 11.4 Å².